The fraction of sp³-hybridized carbons (Fsp3) is 0.235. The highest BCUT2D eigenvalue weighted by atomic mass is 16.1. The van der Waals surface area contributed by atoms with Crippen molar-refractivity contribution in [1.29, 1.82) is 0 Å². The quantitative estimate of drug-likeness (QED) is 0.779. The van der Waals surface area contributed by atoms with Crippen LogP contribution in [0.4, 0.5) is 0 Å². The van der Waals surface area contributed by atoms with Gasteiger partial charge in [-0.25, -0.2) is 4.98 Å². The molecule has 1 N–H and O–H groups in total. The van der Waals surface area contributed by atoms with Crippen molar-refractivity contribution in [2.24, 2.45) is 0 Å². The summed E-state index contributed by atoms with van der Waals surface area (Å²) in [6.45, 7) is 1.07. The van der Waals surface area contributed by atoms with E-state index >= 15 is 0 Å². The minimum Gasteiger partial charge on any atom is -0.347 e. The lowest BCUT2D eigenvalue weighted by Gasteiger charge is -2.11. The Balaban J connectivity index is 1.87. The predicted octanol–water partition coefficient (Wildman–Crippen LogP) is 1.72. The van der Waals surface area contributed by atoms with E-state index in [1.807, 2.05) is 59.9 Å². The Bertz CT molecular complexity index is 810. The molecular formula is C17H19N5O. The Hall–Kier alpha value is -2.73. The molecule has 0 spiro atoms. The second-order valence-corrected chi connectivity index (χ2v) is 5.62. The van der Waals surface area contributed by atoms with Crippen LogP contribution in [-0.4, -0.2) is 39.3 Å². The molecular weight excluding hydrogens is 290 g/mol. The number of carbonyl (C=O) groups is 1. The van der Waals surface area contributed by atoms with Gasteiger partial charge in [-0.1, -0.05) is 12.1 Å². The van der Waals surface area contributed by atoms with Gasteiger partial charge in [0.05, 0.1) is 5.69 Å². The van der Waals surface area contributed by atoms with Crippen LogP contribution in [0.3, 0.4) is 0 Å². The molecule has 0 atom stereocenters. The van der Waals surface area contributed by atoms with Crippen molar-refractivity contribution in [3.8, 4) is 0 Å². The third-order valence-corrected chi connectivity index (χ3v) is 3.49. The van der Waals surface area contributed by atoms with Gasteiger partial charge in [-0.15, -0.1) is 0 Å². The van der Waals surface area contributed by atoms with Gasteiger partial charge in [0.1, 0.15) is 5.65 Å². The van der Waals surface area contributed by atoms with Crippen molar-refractivity contribution < 1.29 is 4.79 Å². The molecule has 3 heterocycles. The zero-order valence-corrected chi connectivity index (χ0v) is 13.2. The zero-order chi connectivity index (χ0) is 16.2. The van der Waals surface area contributed by atoms with E-state index in [0.717, 1.165) is 16.9 Å². The molecule has 0 aromatic carbocycles. The molecule has 0 radical (unpaired) electrons. The van der Waals surface area contributed by atoms with Crippen LogP contribution in [0.25, 0.3) is 5.65 Å². The minimum atomic E-state index is -0.172. The van der Waals surface area contributed by atoms with Crippen LogP contribution in [0.1, 0.15) is 21.7 Å². The summed E-state index contributed by atoms with van der Waals surface area (Å²) in [7, 11) is 3.94. The summed E-state index contributed by atoms with van der Waals surface area (Å²) in [6.07, 6.45) is 5.38. The Morgan fingerprint density at radius 3 is 2.87 bits per heavy atom. The van der Waals surface area contributed by atoms with Crippen LogP contribution in [0.15, 0.2) is 48.9 Å². The van der Waals surface area contributed by atoms with E-state index in [-0.39, 0.29) is 5.91 Å². The van der Waals surface area contributed by atoms with Gasteiger partial charge in [0.25, 0.3) is 5.91 Å². The molecule has 3 rings (SSSR count). The maximum atomic E-state index is 12.6. The smallest absolute Gasteiger partial charge is 0.272 e. The van der Waals surface area contributed by atoms with Gasteiger partial charge >= 0.3 is 0 Å². The largest absolute Gasteiger partial charge is 0.347 e. The summed E-state index contributed by atoms with van der Waals surface area (Å²) in [5.74, 6) is -0.172. The van der Waals surface area contributed by atoms with Crippen LogP contribution in [0.5, 0.6) is 0 Å². The average Bonchev–Trinajstić information content (AvgIpc) is 2.92. The highest BCUT2D eigenvalue weighted by Crippen LogP contribution is 2.14. The number of nitrogens with one attached hydrogen (secondary N) is 1. The summed E-state index contributed by atoms with van der Waals surface area (Å²) in [4.78, 5) is 23.1. The fourth-order valence-corrected chi connectivity index (χ4v) is 2.45. The lowest BCUT2D eigenvalue weighted by atomic mass is 10.2. The third-order valence-electron chi connectivity index (χ3n) is 3.49. The summed E-state index contributed by atoms with van der Waals surface area (Å²) in [5, 5.41) is 2.92. The molecule has 0 saturated heterocycles. The average molecular weight is 309 g/mol. The molecule has 0 aliphatic heterocycles. The molecule has 1 amide bonds. The molecule has 0 fully saturated rings. The number of aromatic nitrogens is 3. The summed E-state index contributed by atoms with van der Waals surface area (Å²) in [6, 6.07) is 9.53. The number of hydrogen-bond acceptors (Lipinski definition) is 4. The number of amides is 1. The maximum absolute atomic E-state index is 12.6. The van der Waals surface area contributed by atoms with Crippen molar-refractivity contribution in [1.82, 2.24) is 24.6 Å². The lowest BCUT2D eigenvalue weighted by Crippen LogP contribution is -2.25. The van der Waals surface area contributed by atoms with Crippen LogP contribution < -0.4 is 5.32 Å². The van der Waals surface area contributed by atoms with E-state index in [4.69, 9.17) is 0 Å². The monoisotopic (exact) mass is 309 g/mol. The van der Waals surface area contributed by atoms with Gasteiger partial charge in [-0.05, 0) is 37.9 Å². The van der Waals surface area contributed by atoms with Crippen molar-refractivity contribution >= 4 is 11.6 Å². The van der Waals surface area contributed by atoms with Crippen molar-refractivity contribution in [2.45, 2.75) is 13.1 Å². The predicted molar refractivity (Wildman–Crippen MR) is 88.0 cm³/mol. The highest BCUT2D eigenvalue weighted by Gasteiger charge is 2.18. The molecule has 0 bridgehead atoms. The summed E-state index contributed by atoms with van der Waals surface area (Å²) < 4.78 is 1.96. The SMILES string of the molecule is CN(C)Cc1c(C(=O)NCc2cccnc2)nc2ccccn12. The van der Waals surface area contributed by atoms with Crippen molar-refractivity contribution in [2.75, 3.05) is 14.1 Å². The van der Waals surface area contributed by atoms with Gasteiger partial charge < -0.3 is 14.6 Å². The number of hydrogen-bond donors (Lipinski definition) is 1. The Labute approximate surface area is 134 Å². The molecule has 6 nitrogen and oxygen atoms in total. The Kier molecular flexibility index (Phi) is 4.34. The molecule has 0 aliphatic rings. The molecule has 3 aromatic rings. The molecule has 6 heteroatoms. The summed E-state index contributed by atoms with van der Waals surface area (Å²) in [5.41, 5.74) is 3.08. The van der Waals surface area contributed by atoms with E-state index in [1.54, 1.807) is 12.4 Å². The number of imidazole rings is 1. The van der Waals surface area contributed by atoms with Crippen LogP contribution in [0.2, 0.25) is 0 Å². The standard InChI is InChI=1S/C17H19N5O/c1-21(2)12-14-16(20-15-7-3-4-9-22(14)15)17(23)19-11-13-6-5-8-18-10-13/h3-10H,11-12H2,1-2H3,(H,19,23). The van der Waals surface area contributed by atoms with E-state index in [1.165, 1.54) is 0 Å². The number of carbonyl (C=O) groups excluding carboxylic acids is 1. The van der Waals surface area contributed by atoms with Gasteiger partial charge in [0.15, 0.2) is 5.69 Å². The Morgan fingerprint density at radius 2 is 2.13 bits per heavy atom. The van der Waals surface area contributed by atoms with Gasteiger partial charge in [0.2, 0.25) is 0 Å². The molecule has 0 saturated carbocycles. The van der Waals surface area contributed by atoms with Crippen LogP contribution in [0, 0.1) is 0 Å². The highest BCUT2D eigenvalue weighted by molar-refractivity contribution is 5.94. The normalized spacial score (nSPS) is 11.1. The first-order valence-electron chi connectivity index (χ1n) is 7.43. The number of rotatable bonds is 5. The van der Waals surface area contributed by atoms with Crippen LogP contribution in [-0.2, 0) is 13.1 Å². The Morgan fingerprint density at radius 1 is 1.26 bits per heavy atom. The topological polar surface area (TPSA) is 62.5 Å². The molecule has 118 valence electrons. The summed E-state index contributed by atoms with van der Waals surface area (Å²) >= 11 is 0. The van der Waals surface area contributed by atoms with Gasteiger partial charge in [0, 0.05) is 31.7 Å². The van der Waals surface area contributed by atoms with E-state index in [9.17, 15) is 4.79 Å². The van der Waals surface area contributed by atoms with E-state index in [2.05, 4.69) is 15.3 Å². The maximum Gasteiger partial charge on any atom is 0.272 e. The zero-order valence-electron chi connectivity index (χ0n) is 13.2. The van der Waals surface area contributed by atoms with E-state index in [0.29, 0.717) is 18.8 Å². The lowest BCUT2D eigenvalue weighted by molar-refractivity contribution is 0.0944. The molecule has 23 heavy (non-hydrogen) atoms. The first-order valence-corrected chi connectivity index (χ1v) is 7.43. The van der Waals surface area contributed by atoms with Crippen molar-refractivity contribution in [3.63, 3.8) is 0 Å². The second kappa shape index (κ2) is 6.58. The number of nitrogens with zero attached hydrogens (tertiary/aromatic N) is 4. The first kappa shape index (κ1) is 15.2. The third kappa shape index (κ3) is 3.37. The molecule has 3 aromatic heterocycles. The minimum absolute atomic E-state index is 0.172. The van der Waals surface area contributed by atoms with Crippen molar-refractivity contribution in [3.05, 3.63) is 65.9 Å². The van der Waals surface area contributed by atoms with Gasteiger partial charge in [-0.2, -0.15) is 0 Å². The van der Waals surface area contributed by atoms with Gasteiger partial charge in [-0.3, -0.25) is 9.78 Å². The second-order valence-electron chi connectivity index (χ2n) is 5.62. The molecule has 0 unspecified atom stereocenters. The van der Waals surface area contributed by atoms with E-state index < -0.39 is 0 Å². The first-order chi connectivity index (χ1) is 11.1. The fourth-order valence-electron chi connectivity index (χ4n) is 2.45. The van der Waals surface area contributed by atoms with Crippen LogP contribution >= 0.6 is 0 Å². The number of pyridine rings is 2. The number of fused-ring (bicyclic) bond motifs is 1. The molecule has 0 aliphatic carbocycles.